The minimum Gasteiger partial charge on any atom is -0.457 e. The molecule has 1 aromatic rings. The van der Waals surface area contributed by atoms with E-state index in [0.717, 1.165) is 39.0 Å². The van der Waals surface area contributed by atoms with Crippen LogP contribution in [0.4, 0.5) is 0 Å². The Morgan fingerprint density at radius 2 is 1.85 bits per heavy atom. The number of benzene rings is 1. The molecule has 0 saturated carbocycles. The van der Waals surface area contributed by atoms with Crippen LogP contribution in [0.3, 0.4) is 0 Å². The van der Waals surface area contributed by atoms with Gasteiger partial charge in [-0.15, -0.1) is 0 Å². The predicted octanol–water partition coefficient (Wildman–Crippen LogP) is 1.39. The maximum Gasteiger partial charge on any atom is 0.339 e. The number of hydrogen-bond donors (Lipinski definition) is 1. The Hall–Kier alpha value is -2.04. The van der Waals surface area contributed by atoms with Crippen LogP contribution in [-0.4, -0.2) is 104 Å². The molecular formula is C25H36N2O7. The Kier molecular flexibility index (Phi) is 8.55. The lowest BCUT2D eigenvalue weighted by atomic mass is 9.98. The largest absolute Gasteiger partial charge is 0.457 e. The Labute approximate surface area is 200 Å². The van der Waals surface area contributed by atoms with Crippen molar-refractivity contribution in [2.24, 2.45) is 0 Å². The van der Waals surface area contributed by atoms with Crippen molar-refractivity contribution in [3.8, 4) is 0 Å². The molecule has 3 fully saturated rings. The zero-order valence-electron chi connectivity index (χ0n) is 20.1. The van der Waals surface area contributed by atoms with Crippen molar-refractivity contribution in [3.05, 3.63) is 35.4 Å². The number of carbonyl (C=O) groups is 2. The first kappa shape index (κ1) is 25.1. The van der Waals surface area contributed by atoms with E-state index in [-0.39, 0.29) is 25.7 Å². The molecule has 1 aromatic carbocycles. The molecule has 34 heavy (non-hydrogen) atoms. The normalized spacial score (nSPS) is 28.4. The van der Waals surface area contributed by atoms with E-state index in [1.807, 2.05) is 12.1 Å². The molecule has 3 aliphatic rings. The van der Waals surface area contributed by atoms with Gasteiger partial charge in [0.15, 0.2) is 6.10 Å². The molecule has 9 heteroatoms. The van der Waals surface area contributed by atoms with Crippen molar-refractivity contribution in [1.29, 1.82) is 0 Å². The van der Waals surface area contributed by atoms with E-state index >= 15 is 0 Å². The van der Waals surface area contributed by atoms with Gasteiger partial charge in [0.05, 0.1) is 25.3 Å². The lowest BCUT2D eigenvalue weighted by Crippen LogP contribution is -2.46. The number of esters is 2. The predicted molar refractivity (Wildman–Crippen MR) is 123 cm³/mol. The monoisotopic (exact) mass is 476 g/mol. The van der Waals surface area contributed by atoms with Gasteiger partial charge in [-0.3, -0.25) is 9.69 Å². The molecule has 9 nitrogen and oxygen atoms in total. The number of unbranched alkanes of at least 4 members (excludes halogenated alkanes) is 1. The van der Waals surface area contributed by atoms with E-state index in [4.69, 9.17) is 18.9 Å². The lowest BCUT2D eigenvalue weighted by Gasteiger charge is -2.32. The van der Waals surface area contributed by atoms with Crippen molar-refractivity contribution in [3.63, 3.8) is 0 Å². The highest BCUT2D eigenvalue weighted by Gasteiger charge is 2.49. The average molecular weight is 477 g/mol. The minimum absolute atomic E-state index is 0.169. The molecule has 4 rings (SSSR count). The highest BCUT2D eigenvalue weighted by Crippen LogP contribution is 2.31. The van der Waals surface area contributed by atoms with Gasteiger partial charge in [0, 0.05) is 31.7 Å². The molecule has 5 atom stereocenters. The number of hydrogen-bond acceptors (Lipinski definition) is 9. The van der Waals surface area contributed by atoms with Gasteiger partial charge >= 0.3 is 11.9 Å². The van der Waals surface area contributed by atoms with Crippen molar-refractivity contribution >= 4 is 11.9 Å². The van der Waals surface area contributed by atoms with Crippen LogP contribution in [0, 0.1) is 0 Å². The Morgan fingerprint density at radius 3 is 2.62 bits per heavy atom. The fourth-order valence-corrected chi connectivity index (χ4v) is 4.76. The van der Waals surface area contributed by atoms with Crippen LogP contribution in [0.25, 0.3) is 0 Å². The van der Waals surface area contributed by atoms with Crippen LogP contribution >= 0.6 is 0 Å². The first-order valence-corrected chi connectivity index (χ1v) is 12.3. The molecule has 0 radical (unpaired) electrons. The summed E-state index contributed by atoms with van der Waals surface area (Å²) in [6, 6.07) is 7.13. The smallest absolute Gasteiger partial charge is 0.339 e. The fraction of sp³-hybridized carbons (Fsp3) is 0.680. The summed E-state index contributed by atoms with van der Waals surface area (Å²) < 4.78 is 22.8. The van der Waals surface area contributed by atoms with Crippen LogP contribution in [0.5, 0.6) is 0 Å². The minimum atomic E-state index is -0.709. The van der Waals surface area contributed by atoms with Crippen LogP contribution in [0.15, 0.2) is 24.3 Å². The van der Waals surface area contributed by atoms with E-state index in [9.17, 15) is 14.7 Å². The van der Waals surface area contributed by atoms with Crippen LogP contribution in [0.2, 0.25) is 0 Å². The van der Waals surface area contributed by atoms with Gasteiger partial charge in [-0.05, 0) is 26.0 Å². The SMILES string of the molecule is CCCC[C@H](OC(=O)CN1CCN(C)CC1)c1ccccc1C(=O)O[C@H]1CO[C@H]2[C@@H]1OC[C@H]2O. The third-order valence-electron chi connectivity index (χ3n) is 6.81. The van der Waals surface area contributed by atoms with E-state index in [1.165, 1.54) is 0 Å². The molecule has 0 bridgehead atoms. The number of piperazine rings is 1. The quantitative estimate of drug-likeness (QED) is 0.530. The third-order valence-corrected chi connectivity index (χ3v) is 6.81. The van der Waals surface area contributed by atoms with Gasteiger partial charge in [-0.1, -0.05) is 31.5 Å². The van der Waals surface area contributed by atoms with Gasteiger partial charge in [0.2, 0.25) is 0 Å². The second-order valence-electron chi connectivity index (χ2n) is 9.39. The Morgan fingerprint density at radius 1 is 1.12 bits per heavy atom. The highest BCUT2D eigenvalue weighted by atomic mass is 16.6. The van der Waals surface area contributed by atoms with Gasteiger partial charge in [0.25, 0.3) is 0 Å². The number of aliphatic hydroxyl groups is 1. The maximum atomic E-state index is 13.2. The molecule has 0 unspecified atom stereocenters. The van der Waals surface area contributed by atoms with Crippen molar-refractivity contribution in [2.75, 3.05) is 53.0 Å². The van der Waals surface area contributed by atoms with Gasteiger partial charge < -0.3 is 29.0 Å². The molecule has 0 aromatic heterocycles. The topological polar surface area (TPSA) is 97.8 Å². The molecule has 188 valence electrons. The van der Waals surface area contributed by atoms with E-state index < -0.39 is 36.5 Å². The summed E-state index contributed by atoms with van der Waals surface area (Å²) in [5.74, 6) is -0.791. The summed E-state index contributed by atoms with van der Waals surface area (Å²) in [6.07, 6.45) is -0.328. The molecule has 3 heterocycles. The van der Waals surface area contributed by atoms with Crippen LogP contribution in [-0.2, 0) is 23.7 Å². The second kappa shape index (κ2) is 11.6. The summed E-state index contributed by atoms with van der Waals surface area (Å²) in [5, 5.41) is 9.94. The average Bonchev–Trinajstić information content (AvgIpc) is 3.41. The molecule has 0 spiro atoms. The van der Waals surface area contributed by atoms with Crippen molar-refractivity contribution in [1.82, 2.24) is 9.80 Å². The summed E-state index contributed by atoms with van der Waals surface area (Å²) in [4.78, 5) is 30.3. The number of likely N-dealkylation sites (N-methyl/N-ethyl adjacent to an activating group) is 1. The number of nitrogens with zero attached hydrogens (tertiary/aromatic N) is 2. The maximum absolute atomic E-state index is 13.2. The summed E-state index contributed by atoms with van der Waals surface area (Å²) in [6.45, 7) is 6.18. The Balaban J connectivity index is 1.43. The molecule has 0 amide bonds. The standard InChI is InChI=1S/C25H36N2O7/c1-3-4-9-20(33-22(29)14-27-12-10-26(2)11-13-27)17-7-5-6-8-18(17)25(30)34-21-16-32-23-19(28)15-31-24(21)23/h5-8,19-21,23-24,28H,3-4,9-16H2,1-2H3/t19-,20+,21+,23-,24-/m1/s1. The molecule has 3 aliphatic heterocycles. The lowest BCUT2D eigenvalue weighted by molar-refractivity contribution is -0.151. The van der Waals surface area contributed by atoms with Crippen LogP contribution < -0.4 is 0 Å². The summed E-state index contributed by atoms with van der Waals surface area (Å²) >= 11 is 0. The molecule has 0 aliphatic carbocycles. The third kappa shape index (κ3) is 5.95. The molecule has 1 N–H and O–H groups in total. The zero-order chi connectivity index (χ0) is 24.1. The van der Waals surface area contributed by atoms with Gasteiger partial charge in [-0.25, -0.2) is 4.79 Å². The van der Waals surface area contributed by atoms with Crippen molar-refractivity contribution < 1.29 is 33.6 Å². The van der Waals surface area contributed by atoms with E-state index in [2.05, 4.69) is 23.8 Å². The van der Waals surface area contributed by atoms with Gasteiger partial charge in [-0.2, -0.15) is 0 Å². The number of carbonyl (C=O) groups excluding carboxylic acids is 2. The fourth-order valence-electron chi connectivity index (χ4n) is 4.76. The van der Waals surface area contributed by atoms with Crippen LogP contribution in [0.1, 0.15) is 48.2 Å². The van der Waals surface area contributed by atoms with E-state index in [1.54, 1.807) is 12.1 Å². The Bertz CT molecular complexity index is 842. The second-order valence-corrected chi connectivity index (χ2v) is 9.39. The first-order valence-electron chi connectivity index (χ1n) is 12.3. The van der Waals surface area contributed by atoms with E-state index in [0.29, 0.717) is 17.5 Å². The molecule has 3 saturated heterocycles. The number of aliphatic hydroxyl groups excluding tert-OH is 1. The highest BCUT2D eigenvalue weighted by molar-refractivity contribution is 5.91. The number of ether oxygens (including phenoxy) is 4. The summed E-state index contributed by atoms with van der Waals surface area (Å²) in [5.41, 5.74) is 1.02. The zero-order valence-corrected chi connectivity index (χ0v) is 20.1. The number of rotatable bonds is 9. The first-order chi connectivity index (χ1) is 16.5. The van der Waals surface area contributed by atoms with Gasteiger partial charge in [0.1, 0.15) is 24.4 Å². The molecular weight excluding hydrogens is 440 g/mol. The summed E-state index contributed by atoms with van der Waals surface area (Å²) in [7, 11) is 2.07. The number of fused-ring (bicyclic) bond motifs is 1. The van der Waals surface area contributed by atoms with Crippen molar-refractivity contribution in [2.45, 2.75) is 56.7 Å².